The molecule has 0 bridgehead atoms. The number of esters is 4. The predicted molar refractivity (Wildman–Crippen MR) is 405 cm³/mol. The summed E-state index contributed by atoms with van der Waals surface area (Å²) in [5.41, 5.74) is 0. The van der Waals surface area contributed by atoms with Gasteiger partial charge in [-0.15, -0.1) is 0 Å². The van der Waals surface area contributed by atoms with Crippen LogP contribution >= 0.6 is 15.6 Å². The summed E-state index contributed by atoms with van der Waals surface area (Å²) in [6.07, 6.45) is 60.9. The number of rotatable bonds is 79. The van der Waals surface area contributed by atoms with E-state index in [1.54, 1.807) is 0 Å². The third-order valence-electron chi connectivity index (χ3n) is 18.7. The highest BCUT2D eigenvalue weighted by Gasteiger charge is 2.30. The number of ether oxygens (including phenoxy) is 4. The van der Waals surface area contributed by atoms with Crippen molar-refractivity contribution in [3.05, 3.63) is 0 Å². The number of hydrogen-bond donors (Lipinski definition) is 3. The van der Waals surface area contributed by atoms with E-state index in [-0.39, 0.29) is 25.7 Å². The van der Waals surface area contributed by atoms with Gasteiger partial charge in [0, 0.05) is 25.7 Å². The van der Waals surface area contributed by atoms with Crippen molar-refractivity contribution in [2.45, 2.75) is 439 Å². The predicted octanol–water partition coefficient (Wildman–Crippen LogP) is 23.9. The Labute approximate surface area is 607 Å². The molecule has 5 atom stereocenters. The summed E-state index contributed by atoms with van der Waals surface area (Å²) in [6, 6.07) is 0. The Morgan fingerprint density at radius 2 is 0.465 bits per heavy atom. The molecule has 0 aromatic rings. The number of hydrogen-bond acceptors (Lipinski definition) is 15. The maximum absolute atomic E-state index is 13.1. The highest BCUT2D eigenvalue weighted by Crippen LogP contribution is 2.45. The summed E-state index contributed by atoms with van der Waals surface area (Å²) >= 11 is 0. The molecule has 0 aromatic carbocycles. The standard InChI is InChI=1S/C80H156O17P2/c1-7-9-11-13-15-17-19-20-23-27-33-39-45-51-57-63-78(83)91-69-76(96-79(84)64-58-52-46-40-34-28-25-22-21-24-26-31-36-42-48-54-60-72(3)4)71-95-99(88,89)93-67-74(81)66-92-98(86,87)94-70-75(68-90-77(82)62-56-50-44-38-30-18-16-14-12-10-8-2)97-80(85)65-59-53-47-41-35-29-32-37-43-49-55-61-73(5)6/h72-76,81H,7-71H2,1-6H3,(H,86,87)(H,88,89)/t74-,75+,76+/m0/s1. The first-order chi connectivity index (χ1) is 47.9. The second kappa shape index (κ2) is 71.7. The van der Waals surface area contributed by atoms with E-state index >= 15 is 0 Å². The lowest BCUT2D eigenvalue weighted by atomic mass is 10.0. The van der Waals surface area contributed by atoms with Crippen molar-refractivity contribution in [3.63, 3.8) is 0 Å². The minimum atomic E-state index is -4.96. The van der Waals surface area contributed by atoms with Gasteiger partial charge < -0.3 is 33.8 Å². The van der Waals surface area contributed by atoms with Gasteiger partial charge in [-0.25, -0.2) is 9.13 Å². The van der Waals surface area contributed by atoms with Crippen molar-refractivity contribution in [2.75, 3.05) is 39.6 Å². The van der Waals surface area contributed by atoms with Gasteiger partial charge >= 0.3 is 39.5 Å². The molecule has 19 heteroatoms. The third-order valence-corrected chi connectivity index (χ3v) is 20.6. The lowest BCUT2D eigenvalue weighted by Crippen LogP contribution is -2.30. The van der Waals surface area contributed by atoms with Gasteiger partial charge in [-0.3, -0.25) is 37.3 Å². The lowest BCUT2D eigenvalue weighted by molar-refractivity contribution is -0.161. The van der Waals surface area contributed by atoms with E-state index in [4.69, 9.17) is 37.0 Å². The molecule has 0 spiro atoms. The van der Waals surface area contributed by atoms with Gasteiger partial charge in [0.2, 0.25) is 0 Å². The molecular weight excluding hydrogens is 1290 g/mol. The fraction of sp³-hybridized carbons (Fsp3) is 0.950. The molecule has 17 nitrogen and oxygen atoms in total. The number of carbonyl (C=O) groups is 4. The molecule has 0 radical (unpaired) electrons. The van der Waals surface area contributed by atoms with Gasteiger partial charge in [0.15, 0.2) is 12.2 Å². The Bertz CT molecular complexity index is 1910. The molecule has 0 rings (SSSR count). The number of phosphoric ester groups is 2. The van der Waals surface area contributed by atoms with Gasteiger partial charge in [0.05, 0.1) is 26.4 Å². The number of carbonyl (C=O) groups excluding carboxylic acids is 4. The summed E-state index contributed by atoms with van der Waals surface area (Å²) in [4.78, 5) is 73.0. The van der Waals surface area contributed by atoms with Crippen molar-refractivity contribution in [3.8, 4) is 0 Å². The summed E-state index contributed by atoms with van der Waals surface area (Å²) in [5, 5.41) is 10.6. The first kappa shape index (κ1) is 97.1. The Morgan fingerprint density at radius 1 is 0.273 bits per heavy atom. The van der Waals surface area contributed by atoms with E-state index in [2.05, 4.69) is 41.5 Å². The molecule has 588 valence electrons. The van der Waals surface area contributed by atoms with Crippen LogP contribution in [0.25, 0.3) is 0 Å². The van der Waals surface area contributed by atoms with Crippen molar-refractivity contribution in [2.24, 2.45) is 11.8 Å². The number of phosphoric acid groups is 2. The third kappa shape index (κ3) is 74.1. The van der Waals surface area contributed by atoms with E-state index in [0.717, 1.165) is 102 Å². The molecule has 2 unspecified atom stereocenters. The monoisotopic (exact) mass is 1450 g/mol. The SMILES string of the molecule is CCCCCCCCCCCCCCCCCC(=O)OC[C@H](COP(=O)(O)OC[C@@H](O)COP(=O)(O)OC[C@@H](COC(=O)CCCCCCCCCCCCC)OC(=O)CCCCCCCCCCCCCC(C)C)OC(=O)CCCCCCCCCCCCCCCCCCC(C)C. The maximum Gasteiger partial charge on any atom is 0.472 e. The first-order valence-electron chi connectivity index (χ1n) is 41.5. The molecule has 0 aliphatic rings. The smallest absolute Gasteiger partial charge is 0.462 e. The topological polar surface area (TPSA) is 237 Å². The highest BCUT2D eigenvalue weighted by atomic mass is 31.2. The first-order valence-corrected chi connectivity index (χ1v) is 44.5. The molecule has 0 aromatic heterocycles. The molecule has 99 heavy (non-hydrogen) atoms. The Balaban J connectivity index is 5.25. The zero-order valence-corrected chi connectivity index (χ0v) is 66.6. The molecule has 0 fully saturated rings. The summed E-state index contributed by atoms with van der Waals surface area (Å²) in [7, 11) is -9.92. The van der Waals surface area contributed by atoms with Gasteiger partial charge in [0.25, 0.3) is 0 Å². The van der Waals surface area contributed by atoms with E-state index in [1.165, 1.54) is 238 Å². The van der Waals surface area contributed by atoms with Crippen LogP contribution in [-0.2, 0) is 65.4 Å². The molecule has 3 N–H and O–H groups in total. The van der Waals surface area contributed by atoms with Crippen LogP contribution in [0.5, 0.6) is 0 Å². The molecule has 0 aliphatic carbocycles. The number of unbranched alkanes of at least 4 members (excludes halogenated alkanes) is 49. The van der Waals surface area contributed by atoms with Crippen LogP contribution < -0.4 is 0 Å². The lowest BCUT2D eigenvalue weighted by Gasteiger charge is -2.21. The van der Waals surface area contributed by atoms with E-state index in [9.17, 15) is 43.2 Å². The Morgan fingerprint density at radius 3 is 0.687 bits per heavy atom. The van der Waals surface area contributed by atoms with Crippen molar-refractivity contribution in [1.82, 2.24) is 0 Å². The van der Waals surface area contributed by atoms with Crippen LogP contribution in [0.1, 0.15) is 420 Å². The van der Waals surface area contributed by atoms with Crippen LogP contribution in [0.2, 0.25) is 0 Å². The van der Waals surface area contributed by atoms with E-state index in [0.29, 0.717) is 25.7 Å². The van der Waals surface area contributed by atoms with Gasteiger partial charge in [0.1, 0.15) is 19.3 Å². The minimum Gasteiger partial charge on any atom is -0.462 e. The summed E-state index contributed by atoms with van der Waals surface area (Å²) in [5.74, 6) is -0.533. The second-order valence-corrected chi connectivity index (χ2v) is 32.7. The zero-order chi connectivity index (χ0) is 72.8. The van der Waals surface area contributed by atoms with Gasteiger partial charge in [-0.2, -0.15) is 0 Å². The van der Waals surface area contributed by atoms with Crippen molar-refractivity contribution in [1.29, 1.82) is 0 Å². The molecule has 0 amide bonds. The van der Waals surface area contributed by atoms with Crippen LogP contribution in [0.4, 0.5) is 0 Å². The highest BCUT2D eigenvalue weighted by molar-refractivity contribution is 7.47. The average molecular weight is 1450 g/mol. The van der Waals surface area contributed by atoms with E-state index < -0.39 is 97.5 Å². The van der Waals surface area contributed by atoms with Crippen LogP contribution in [0.3, 0.4) is 0 Å². The molecular formula is C80H156O17P2. The maximum atomic E-state index is 13.1. The molecule has 0 saturated carbocycles. The fourth-order valence-electron chi connectivity index (χ4n) is 12.4. The number of aliphatic hydroxyl groups is 1. The second-order valence-electron chi connectivity index (χ2n) is 29.8. The van der Waals surface area contributed by atoms with Crippen LogP contribution in [-0.4, -0.2) is 96.7 Å². The van der Waals surface area contributed by atoms with Gasteiger partial charge in [-0.05, 0) is 37.5 Å². The summed E-state index contributed by atoms with van der Waals surface area (Å²) in [6.45, 7) is 9.66. The largest absolute Gasteiger partial charge is 0.472 e. The Hall–Kier alpha value is -1.94. The molecule has 0 saturated heterocycles. The molecule has 0 heterocycles. The quantitative estimate of drug-likeness (QED) is 0.0222. The average Bonchev–Trinajstić information content (AvgIpc) is 1.01. The number of aliphatic hydroxyl groups excluding tert-OH is 1. The fourth-order valence-corrected chi connectivity index (χ4v) is 13.9. The van der Waals surface area contributed by atoms with Crippen molar-refractivity contribution >= 4 is 39.5 Å². The van der Waals surface area contributed by atoms with Gasteiger partial charge in [-0.1, -0.05) is 369 Å². The summed E-state index contributed by atoms with van der Waals surface area (Å²) < 4.78 is 68.7. The normalized spacial score (nSPS) is 13.9. The van der Waals surface area contributed by atoms with Crippen LogP contribution in [0.15, 0.2) is 0 Å². The van der Waals surface area contributed by atoms with E-state index in [1.807, 2.05) is 0 Å². The zero-order valence-electron chi connectivity index (χ0n) is 64.8. The Kier molecular flexibility index (Phi) is 70.3. The van der Waals surface area contributed by atoms with Crippen LogP contribution in [0, 0.1) is 11.8 Å². The van der Waals surface area contributed by atoms with Crippen molar-refractivity contribution < 1.29 is 80.2 Å². The molecule has 0 aliphatic heterocycles. The minimum absolute atomic E-state index is 0.107.